The first-order chi connectivity index (χ1) is 17.5. The molecule has 0 N–H and O–H groups in total. The Hall–Kier alpha value is -4.98. The topological polar surface area (TPSA) is 101 Å². The van der Waals surface area contributed by atoms with E-state index in [0.29, 0.717) is 33.6 Å². The maximum atomic E-state index is 12.7. The number of rotatable bonds is 5. The first-order valence-corrected chi connectivity index (χ1v) is 11.3. The molecular formula is C28H18N4O4. The summed E-state index contributed by atoms with van der Waals surface area (Å²) in [6.45, 7) is 0.215. The highest BCUT2D eigenvalue weighted by Gasteiger charge is 2.36. The van der Waals surface area contributed by atoms with Gasteiger partial charge in [-0.3, -0.25) is 38.9 Å². The van der Waals surface area contributed by atoms with Gasteiger partial charge in [0.05, 0.1) is 46.7 Å². The molecule has 4 amide bonds. The Morgan fingerprint density at radius 3 is 1.17 bits per heavy atom. The number of amides is 4. The lowest BCUT2D eigenvalue weighted by Crippen LogP contribution is -2.29. The minimum absolute atomic E-state index is 0.108. The molecule has 2 aromatic carbocycles. The van der Waals surface area contributed by atoms with Gasteiger partial charge >= 0.3 is 0 Å². The summed E-state index contributed by atoms with van der Waals surface area (Å²) >= 11 is 0. The molecule has 2 aliphatic heterocycles. The lowest BCUT2D eigenvalue weighted by atomic mass is 10.1. The largest absolute Gasteiger partial charge is 0.270 e. The van der Waals surface area contributed by atoms with Gasteiger partial charge in [-0.25, -0.2) is 0 Å². The molecule has 0 unspecified atom stereocenters. The van der Waals surface area contributed by atoms with E-state index in [1.807, 2.05) is 0 Å². The minimum Gasteiger partial charge on any atom is -0.270 e. The third-order valence-corrected chi connectivity index (χ3v) is 6.35. The maximum Gasteiger partial charge on any atom is 0.261 e. The fourth-order valence-electron chi connectivity index (χ4n) is 4.56. The van der Waals surface area contributed by atoms with Crippen molar-refractivity contribution in [3.63, 3.8) is 0 Å². The molecular weight excluding hydrogens is 456 g/mol. The van der Waals surface area contributed by atoms with Crippen LogP contribution in [0.2, 0.25) is 0 Å². The molecule has 174 valence electrons. The zero-order chi connectivity index (χ0) is 24.8. The van der Waals surface area contributed by atoms with Gasteiger partial charge in [-0.2, -0.15) is 0 Å². The van der Waals surface area contributed by atoms with Crippen molar-refractivity contribution in [1.82, 2.24) is 19.8 Å². The number of hydrogen-bond donors (Lipinski definition) is 0. The summed E-state index contributed by atoms with van der Waals surface area (Å²) in [5.41, 5.74) is 4.16. The molecule has 0 bridgehead atoms. The second-order valence-electron chi connectivity index (χ2n) is 8.58. The Kier molecular flexibility index (Phi) is 5.00. The molecule has 0 saturated carbocycles. The van der Waals surface area contributed by atoms with E-state index in [-0.39, 0.29) is 36.7 Å². The van der Waals surface area contributed by atoms with E-state index in [4.69, 9.17) is 0 Å². The van der Waals surface area contributed by atoms with Crippen molar-refractivity contribution < 1.29 is 19.2 Å². The number of pyridine rings is 2. The van der Waals surface area contributed by atoms with Crippen LogP contribution in [0.25, 0.3) is 11.4 Å². The van der Waals surface area contributed by atoms with Crippen molar-refractivity contribution in [3.8, 4) is 11.4 Å². The number of aromatic nitrogens is 2. The Bertz CT molecular complexity index is 1410. The lowest BCUT2D eigenvalue weighted by Gasteiger charge is -2.15. The zero-order valence-corrected chi connectivity index (χ0v) is 18.9. The average molecular weight is 474 g/mol. The van der Waals surface area contributed by atoms with Crippen LogP contribution in [0, 0.1) is 0 Å². The average Bonchev–Trinajstić information content (AvgIpc) is 3.30. The normalized spacial score (nSPS) is 14.4. The second-order valence-corrected chi connectivity index (χ2v) is 8.58. The van der Waals surface area contributed by atoms with Crippen molar-refractivity contribution in [2.45, 2.75) is 13.1 Å². The van der Waals surface area contributed by atoms with Gasteiger partial charge in [-0.1, -0.05) is 24.3 Å². The van der Waals surface area contributed by atoms with E-state index in [2.05, 4.69) is 9.97 Å². The molecule has 0 radical (unpaired) electrons. The third kappa shape index (κ3) is 3.47. The number of benzene rings is 2. The highest BCUT2D eigenvalue weighted by Crippen LogP contribution is 2.27. The van der Waals surface area contributed by atoms with E-state index in [1.54, 1.807) is 85.2 Å². The quantitative estimate of drug-likeness (QED) is 0.409. The zero-order valence-electron chi connectivity index (χ0n) is 18.9. The smallest absolute Gasteiger partial charge is 0.261 e. The van der Waals surface area contributed by atoms with Gasteiger partial charge in [0, 0.05) is 12.4 Å². The number of carbonyl (C=O) groups excluding carboxylic acids is 4. The van der Waals surface area contributed by atoms with Crippen LogP contribution < -0.4 is 0 Å². The predicted octanol–water partition coefficient (Wildman–Crippen LogP) is 3.74. The molecule has 0 fully saturated rings. The van der Waals surface area contributed by atoms with Crippen LogP contribution >= 0.6 is 0 Å². The monoisotopic (exact) mass is 474 g/mol. The Balaban J connectivity index is 1.23. The molecule has 8 heteroatoms. The summed E-state index contributed by atoms with van der Waals surface area (Å²) in [6, 6.07) is 20.6. The summed E-state index contributed by atoms with van der Waals surface area (Å²) in [5, 5.41) is 0. The van der Waals surface area contributed by atoms with Crippen molar-refractivity contribution in [2.24, 2.45) is 0 Å². The van der Waals surface area contributed by atoms with Crippen LogP contribution in [0.15, 0.2) is 85.2 Å². The summed E-state index contributed by atoms with van der Waals surface area (Å²) in [5.74, 6) is -1.30. The highest BCUT2D eigenvalue weighted by molar-refractivity contribution is 6.22. The van der Waals surface area contributed by atoms with Gasteiger partial charge in [0.25, 0.3) is 23.6 Å². The van der Waals surface area contributed by atoms with E-state index in [9.17, 15) is 19.2 Å². The Morgan fingerprint density at radius 1 is 0.500 bits per heavy atom. The van der Waals surface area contributed by atoms with E-state index < -0.39 is 0 Å². The molecule has 2 aromatic heterocycles. The fourth-order valence-corrected chi connectivity index (χ4v) is 4.56. The van der Waals surface area contributed by atoms with Gasteiger partial charge in [0.1, 0.15) is 0 Å². The predicted molar refractivity (Wildman–Crippen MR) is 129 cm³/mol. The van der Waals surface area contributed by atoms with Crippen LogP contribution in [0.4, 0.5) is 0 Å². The van der Waals surface area contributed by atoms with Crippen LogP contribution in [0.5, 0.6) is 0 Å². The first kappa shape index (κ1) is 21.5. The lowest BCUT2D eigenvalue weighted by molar-refractivity contribution is 0.0627. The van der Waals surface area contributed by atoms with Gasteiger partial charge in [0.15, 0.2) is 0 Å². The SMILES string of the molecule is O=C1c2ccccc2C(=O)N1Cc1ccnc(-c2cc(CN3C(=O)c4ccccc4C3=O)ccn2)c1. The fraction of sp³-hybridized carbons (Fsp3) is 0.0714. The van der Waals surface area contributed by atoms with Gasteiger partial charge in [-0.15, -0.1) is 0 Å². The van der Waals surface area contributed by atoms with E-state index in [0.717, 1.165) is 11.1 Å². The van der Waals surface area contributed by atoms with Crippen LogP contribution in [0.3, 0.4) is 0 Å². The second kappa shape index (κ2) is 8.35. The van der Waals surface area contributed by atoms with Crippen molar-refractivity contribution in [1.29, 1.82) is 0 Å². The summed E-state index contributed by atoms with van der Waals surface area (Å²) in [4.78, 5) is 62.1. The van der Waals surface area contributed by atoms with E-state index >= 15 is 0 Å². The summed E-state index contributed by atoms with van der Waals surface area (Å²) in [7, 11) is 0. The minimum atomic E-state index is -0.324. The Labute approximate surface area is 205 Å². The highest BCUT2D eigenvalue weighted by atomic mass is 16.2. The molecule has 0 atom stereocenters. The Morgan fingerprint density at radius 2 is 0.833 bits per heavy atom. The van der Waals surface area contributed by atoms with Crippen LogP contribution in [-0.4, -0.2) is 43.4 Å². The molecule has 36 heavy (non-hydrogen) atoms. The molecule has 4 aromatic rings. The molecule has 2 aliphatic rings. The molecule has 0 saturated heterocycles. The van der Waals surface area contributed by atoms with Gasteiger partial charge < -0.3 is 0 Å². The first-order valence-electron chi connectivity index (χ1n) is 11.3. The number of nitrogens with zero attached hydrogens (tertiary/aromatic N) is 4. The van der Waals surface area contributed by atoms with Crippen molar-refractivity contribution in [3.05, 3.63) is 119 Å². The van der Waals surface area contributed by atoms with Crippen LogP contribution in [0.1, 0.15) is 52.6 Å². The number of imide groups is 2. The number of carbonyl (C=O) groups is 4. The van der Waals surface area contributed by atoms with Gasteiger partial charge in [0.2, 0.25) is 0 Å². The van der Waals surface area contributed by atoms with Crippen LogP contribution in [-0.2, 0) is 13.1 Å². The number of fused-ring (bicyclic) bond motifs is 2. The third-order valence-electron chi connectivity index (χ3n) is 6.35. The van der Waals surface area contributed by atoms with E-state index in [1.165, 1.54) is 9.80 Å². The molecule has 0 aliphatic carbocycles. The number of hydrogen-bond acceptors (Lipinski definition) is 6. The summed E-state index contributed by atoms with van der Waals surface area (Å²) in [6.07, 6.45) is 3.20. The molecule has 8 nitrogen and oxygen atoms in total. The van der Waals surface area contributed by atoms with Gasteiger partial charge in [-0.05, 0) is 59.7 Å². The molecule has 6 rings (SSSR count). The maximum absolute atomic E-state index is 12.7. The standard InChI is InChI=1S/C28H18N4O4/c33-25-19-5-1-2-6-20(19)26(34)31(25)15-17-9-11-29-23(13-17)24-14-18(10-12-30-24)16-32-27(35)21-7-3-4-8-22(21)28(32)36/h1-14H,15-16H2. The van der Waals surface area contributed by atoms with Crippen molar-refractivity contribution in [2.75, 3.05) is 0 Å². The van der Waals surface area contributed by atoms with Crippen molar-refractivity contribution >= 4 is 23.6 Å². The molecule has 0 spiro atoms. The molecule has 4 heterocycles. The summed E-state index contributed by atoms with van der Waals surface area (Å²) < 4.78 is 0.